The molecule has 0 saturated carbocycles. The Morgan fingerprint density at radius 3 is 2.75 bits per heavy atom. The molecule has 0 radical (unpaired) electrons. The van der Waals surface area contributed by atoms with Gasteiger partial charge in [-0.1, -0.05) is 6.92 Å². The van der Waals surface area contributed by atoms with Crippen LogP contribution >= 0.6 is 0 Å². The number of pyridine rings is 1. The molecular weight excluding hydrogens is 248 g/mol. The van der Waals surface area contributed by atoms with Gasteiger partial charge in [0, 0.05) is 31.0 Å². The van der Waals surface area contributed by atoms with Gasteiger partial charge < -0.3 is 10.2 Å². The molecule has 1 aromatic heterocycles. The Hall–Kier alpha value is -1.13. The van der Waals surface area contributed by atoms with Crippen molar-refractivity contribution in [1.29, 1.82) is 0 Å². The van der Waals surface area contributed by atoms with Gasteiger partial charge in [0.25, 0.3) is 0 Å². The Morgan fingerprint density at radius 1 is 1.35 bits per heavy atom. The van der Waals surface area contributed by atoms with Crippen LogP contribution in [-0.4, -0.2) is 54.1 Å². The van der Waals surface area contributed by atoms with Gasteiger partial charge in [-0.25, -0.2) is 0 Å². The summed E-state index contributed by atoms with van der Waals surface area (Å²) in [5.41, 5.74) is 2.33. The SMILES string of the molecule is CCNc1ccnc(CN(C)C2CCN(CC)CC2)c1. The van der Waals surface area contributed by atoms with Gasteiger partial charge in [0.15, 0.2) is 0 Å². The summed E-state index contributed by atoms with van der Waals surface area (Å²) in [4.78, 5) is 9.49. The summed E-state index contributed by atoms with van der Waals surface area (Å²) in [6, 6.07) is 4.90. The third-order valence-electron chi connectivity index (χ3n) is 4.24. The summed E-state index contributed by atoms with van der Waals surface area (Å²) >= 11 is 0. The minimum absolute atomic E-state index is 0.697. The zero-order chi connectivity index (χ0) is 14.4. The quantitative estimate of drug-likeness (QED) is 0.864. The highest BCUT2D eigenvalue weighted by Crippen LogP contribution is 2.17. The average molecular weight is 276 g/mol. The highest BCUT2D eigenvalue weighted by atomic mass is 15.2. The summed E-state index contributed by atoms with van der Waals surface area (Å²) in [5.74, 6) is 0. The Balaban J connectivity index is 1.87. The maximum Gasteiger partial charge on any atom is 0.0564 e. The van der Waals surface area contributed by atoms with E-state index in [1.54, 1.807) is 0 Å². The topological polar surface area (TPSA) is 31.4 Å². The summed E-state index contributed by atoms with van der Waals surface area (Å²) < 4.78 is 0. The normalized spacial score (nSPS) is 17.6. The zero-order valence-corrected chi connectivity index (χ0v) is 13.1. The molecule has 0 aromatic carbocycles. The first-order valence-electron chi connectivity index (χ1n) is 7.84. The van der Waals surface area contributed by atoms with E-state index in [0.717, 1.165) is 18.8 Å². The van der Waals surface area contributed by atoms with Gasteiger partial charge in [-0.05, 0) is 58.6 Å². The summed E-state index contributed by atoms with van der Waals surface area (Å²) in [6.07, 6.45) is 4.45. The van der Waals surface area contributed by atoms with Crippen LogP contribution in [0.4, 0.5) is 5.69 Å². The largest absolute Gasteiger partial charge is 0.385 e. The van der Waals surface area contributed by atoms with Crippen LogP contribution in [0.15, 0.2) is 18.3 Å². The van der Waals surface area contributed by atoms with Crippen molar-refractivity contribution in [3.8, 4) is 0 Å². The molecule has 1 fully saturated rings. The molecule has 1 aliphatic rings. The molecule has 4 nitrogen and oxygen atoms in total. The molecular formula is C16H28N4. The van der Waals surface area contributed by atoms with Crippen molar-refractivity contribution < 1.29 is 0 Å². The second-order valence-corrected chi connectivity index (χ2v) is 5.65. The Bertz CT molecular complexity index is 399. The first-order valence-corrected chi connectivity index (χ1v) is 7.84. The number of aromatic nitrogens is 1. The first-order chi connectivity index (χ1) is 9.72. The lowest BCUT2D eigenvalue weighted by Gasteiger charge is -2.36. The lowest BCUT2D eigenvalue weighted by molar-refractivity contribution is 0.126. The predicted octanol–water partition coefficient (Wildman–Crippen LogP) is 2.43. The number of rotatable bonds is 6. The van der Waals surface area contributed by atoms with Crippen LogP contribution in [-0.2, 0) is 6.54 Å². The van der Waals surface area contributed by atoms with Gasteiger partial charge >= 0.3 is 0 Å². The molecule has 0 amide bonds. The molecule has 2 rings (SSSR count). The molecule has 0 aliphatic carbocycles. The van der Waals surface area contributed by atoms with Crippen LogP contribution in [0.5, 0.6) is 0 Å². The van der Waals surface area contributed by atoms with E-state index >= 15 is 0 Å². The minimum atomic E-state index is 0.697. The fraction of sp³-hybridized carbons (Fsp3) is 0.688. The monoisotopic (exact) mass is 276 g/mol. The third-order valence-corrected chi connectivity index (χ3v) is 4.24. The summed E-state index contributed by atoms with van der Waals surface area (Å²) in [6.45, 7) is 9.91. The Morgan fingerprint density at radius 2 is 2.10 bits per heavy atom. The molecule has 1 aliphatic heterocycles. The molecule has 20 heavy (non-hydrogen) atoms. The van der Waals surface area contributed by atoms with Crippen LogP contribution in [0.3, 0.4) is 0 Å². The number of likely N-dealkylation sites (tertiary alicyclic amines) is 1. The van der Waals surface area contributed by atoms with E-state index < -0.39 is 0 Å². The van der Waals surface area contributed by atoms with Gasteiger partial charge in [-0.15, -0.1) is 0 Å². The summed E-state index contributed by atoms with van der Waals surface area (Å²) in [7, 11) is 2.23. The van der Waals surface area contributed by atoms with E-state index in [0.29, 0.717) is 6.04 Å². The number of hydrogen-bond acceptors (Lipinski definition) is 4. The fourth-order valence-corrected chi connectivity index (χ4v) is 2.94. The van der Waals surface area contributed by atoms with E-state index in [2.05, 4.69) is 47.1 Å². The first kappa shape index (κ1) is 15.3. The lowest BCUT2D eigenvalue weighted by Crippen LogP contribution is -2.43. The fourth-order valence-electron chi connectivity index (χ4n) is 2.94. The standard InChI is InChI=1S/C16H28N4/c1-4-17-14-6-9-18-15(12-14)13-19(3)16-7-10-20(5-2)11-8-16/h6,9,12,16H,4-5,7-8,10-11,13H2,1-3H3,(H,17,18). The molecule has 1 saturated heterocycles. The second kappa shape index (κ2) is 7.60. The molecule has 112 valence electrons. The van der Waals surface area contributed by atoms with Crippen LogP contribution in [0, 0.1) is 0 Å². The van der Waals surface area contributed by atoms with E-state index in [-0.39, 0.29) is 0 Å². The number of anilines is 1. The summed E-state index contributed by atoms with van der Waals surface area (Å²) in [5, 5.41) is 3.35. The second-order valence-electron chi connectivity index (χ2n) is 5.65. The van der Waals surface area contributed by atoms with Crippen molar-refractivity contribution in [1.82, 2.24) is 14.8 Å². The van der Waals surface area contributed by atoms with Gasteiger partial charge in [0.1, 0.15) is 0 Å². The molecule has 0 unspecified atom stereocenters. The van der Waals surface area contributed by atoms with Crippen molar-refractivity contribution in [3.05, 3.63) is 24.0 Å². The third kappa shape index (κ3) is 4.18. The van der Waals surface area contributed by atoms with Crippen molar-refractivity contribution in [2.75, 3.05) is 38.5 Å². The lowest BCUT2D eigenvalue weighted by atomic mass is 10.0. The molecule has 1 aromatic rings. The highest BCUT2D eigenvalue weighted by molar-refractivity contribution is 5.42. The van der Waals surface area contributed by atoms with Crippen LogP contribution in [0.1, 0.15) is 32.4 Å². The number of hydrogen-bond donors (Lipinski definition) is 1. The number of nitrogens with one attached hydrogen (secondary N) is 1. The van der Waals surface area contributed by atoms with Crippen molar-refractivity contribution in [2.24, 2.45) is 0 Å². The van der Waals surface area contributed by atoms with Crippen LogP contribution in [0.25, 0.3) is 0 Å². The number of nitrogens with zero attached hydrogens (tertiary/aromatic N) is 3. The van der Waals surface area contributed by atoms with E-state index in [4.69, 9.17) is 0 Å². The molecule has 4 heteroatoms. The maximum absolute atomic E-state index is 4.50. The molecule has 2 heterocycles. The van der Waals surface area contributed by atoms with Crippen molar-refractivity contribution in [3.63, 3.8) is 0 Å². The Labute approximate surface area is 123 Å². The van der Waals surface area contributed by atoms with E-state index in [1.165, 1.54) is 38.2 Å². The van der Waals surface area contributed by atoms with Crippen molar-refractivity contribution in [2.45, 2.75) is 39.3 Å². The van der Waals surface area contributed by atoms with Crippen LogP contribution in [0.2, 0.25) is 0 Å². The van der Waals surface area contributed by atoms with E-state index in [9.17, 15) is 0 Å². The van der Waals surface area contributed by atoms with Crippen molar-refractivity contribution >= 4 is 5.69 Å². The van der Waals surface area contributed by atoms with Gasteiger partial charge in [-0.2, -0.15) is 0 Å². The zero-order valence-electron chi connectivity index (χ0n) is 13.1. The minimum Gasteiger partial charge on any atom is -0.385 e. The average Bonchev–Trinajstić information content (AvgIpc) is 2.48. The van der Waals surface area contributed by atoms with Gasteiger partial charge in [0.2, 0.25) is 0 Å². The van der Waals surface area contributed by atoms with Crippen LogP contribution < -0.4 is 5.32 Å². The predicted molar refractivity (Wildman–Crippen MR) is 85.0 cm³/mol. The maximum atomic E-state index is 4.50. The van der Waals surface area contributed by atoms with Gasteiger partial charge in [0.05, 0.1) is 5.69 Å². The molecule has 0 spiro atoms. The Kier molecular flexibility index (Phi) is 5.80. The molecule has 0 bridgehead atoms. The van der Waals surface area contributed by atoms with E-state index in [1.807, 2.05) is 12.3 Å². The molecule has 0 atom stereocenters. The number of piperidine rings is 1. The van der Waals surface area contributed by atoms with Gasteiger partial charge in [-0.3, -0.25) is 9.88 Å². The smallest absolute Gasteiger partial charge is 0.0564 e. The highest BCUT2D eigenvalue weighted by Gasteiger charge is 2.21. The molecule has 1 N–H and O–H groups in total.